The zero-order chi connectivity index (χ0) is 17.1. The molecule has 0 saturated heterocycles. The van der Waals surface area contributed by atoms with E-state index in [1.165, 1.54) is 55.4 Å². The van der Waals surface area contributed by atoms with Gasteiger partial charge >= 0.3 is 146 Å². The molecule has 130 valence electrons. The minimum absolute atomic E-state index is 0.553. The van der Waals surface area contributed by atoms with Crippen LogP contribution in [0.15, 0.2) is 12.1 Å². The van der Waals surface area contributed by atoms with Gasteiger partial charge in [-0.15, -0.1) is 0 Å². The number of aromatic nitrogens is 1. The van der Waals surface area contributed by atoms with Gasteiger partial charge in [-0.3, -0.25) is 0 Å². The SMILES string of the molecule is CCC[CH2][Sn]([CH2]CCC)([CH2]CCC)[c]1ccc(OC)nc1C=O. The third kappa shape index (κ3) is 5.77. The fourth-order valence-electron chi connectivity index (χ4n) is 3.43. The molecular formula is C19H33NO2Sn. The normalized spacial score (nSPS) is 11.5. The summed E-state index contributed by atoms with van der Waals surface area (Å²) in [6, 6.07) is 4.13. The first-order valence-corrected chi connectivity index (χ1v) is 16.7. The number of unbranched alkanes of at least 4 members (excludes halogenated alkanes) is 3. The van der Waals surface area contributed by atoms with Crippen molar-refractivity contribution < 1.29 is 9.53 Å². The Kier molecular flexibility index (Phi) is 9.84. The van der Waals surface area contributed by atoms with Crippen LogP contribution in [0.5, 0.6) is 5.88 Å². The molecule has 0 aromatic carbocycles. The third-order valence-electron chi connectivity index (χ3n) is 4.82. The Morgan fingerprint density at radius 1 is 1.00 bits per heavy atom. The number of hydrogen-bond acceptors (Lipinski definition) is 3. The van der Waals surface area contributed by atoms with Gasteiger partial charge in [0.2, 0.25) is 0 Å². The molecule has 0 radical (unpaired) electrons. The fraction of sp³-hybridized carbons (Fsp3) is 0.684. The van der Waals surface area contributed by atoms with Crippen molar-refractivity contribution in [1.29, 1.82) is 0 Å². The average Bonchev–Trinajstić information content (AvgIpc) is 2.61. The van der Waals surface area contributed by atoms with E-state index in [1.54, 1.807) is 7.11 Å². The average molecular weight is 426 g/mol. The van der Waals surface area contributed by atoms with Crippen LogP contribution in [0.4, 0.5) is 0 Å². The van der Waals surface area contributed by atoms with Gasteiger partial charge < -0.3 is 0 Å². The second kappa shape index (κ2) is 11.1. The number of nitrogens with zero attached hydrogens (tertiary/aromatic N) is 1. The molecule has 23 heavy (non-hydrogen) atoms. The Hall–Kier alpha value is -0.581. The summed E-state index contributed by atoms with van der Waals surface area (Å²) < 4.78 is 10.6. The molecule has 0 aliphatic rings. The molecule has 0 atom stereocenters. The van der Waals surface area contributed by atoms with Crippen molar-refractivity contribution in [2.45, 2.75) is 72.6 Å². The molecule has 0 spiro atoms. The third-order valence-corrected chi connectivity index (χ3v) is 20.5. The van der Waals surface area contributed by atoms with Gasteiger partial charge in [0.05, 0.1) is 0 Å². The summed E-state index contributed by atoms with van der Waals surface area (Å²) in [4.78, 5) is 16.1. The van der Waals surface area contributed by atoms with Crippen LogP contribution in [0.1, 0.15) is 69.8 Å². The molecule has 1 aromatic heterocycles. The first kappa shape index (κ1) is 20.5. The first-order valence-electron chi connectivity index (χ1n) is 9.18. The zero-order valence-corrected chi connectivity index (χ0v) is 18.2. The number of methoxy groups -OCH3 is 1. The van der Waals surface area contributed by atoms with E-state index in [2.05, 4.69) is 31.8 Å². The second-order valence-corrected chi connectivity index (χ2v) is 19.6. The van der Waals surface area contributed by atoms with Gasteiger partial charge in [-0.25, -0.2) is 0 Å². The number of carbonyl (C=O) groups excluding carboxylic acids is 1. The Balaban J connectivity index is 3.30. The minimum atomic E-state index is -2.59. The van der Waals surface area contributed by atoms with E-state index < -0.39 is 18.4 Å². The molecule has 0 saturated carbocycles. The molecule has 0 unspecified atom stereocenters. The molecule has 1 heterocycles. The second-order valence-electron chi connectivity index (χ2n) is 6.50. The van der Waals surface area contributed by atoms with Gasteiger partial charge in [0, 0.05) is 0 Å². The Labute approximate surface area is 146 Å². The molecule has 3 nitrogen and oxygen atoms in total. The molecular weight excluding hydrogens is 393 g/mol. The van der Waals surface area contributed by atoms with E-state index in [9.17, 15) is 4.79 Å². The summed E-state index contributed by atoms with van der Waals surface area (Å²) in [7, 11) is 1.61. The van der Waals surface area contributed by atoms with Gasteiger partial charge in [-0.05, 0) is 0 Å². The molecule has 1 aromatic rings. The molecule has 4 heteroatoms. The van der Waals surface area contributed by atoms with Crippen LogP contribution in [-0.2, 0) is 0 Å². The monoisotopic (exact) mass is 427 g/mol. The van der Waals surface area contributed by atoms with E-state index in [0.29, 0.717) is 11.6 Å². The van der Waals surface area contributed by atoms with E-state index in [-0.39, 0.29) is 0 Å². The maximum atomic E-state index is 11.7. The number of rotatable bonds is 12. The number of carbonyl (C=O) groups is 1. The van der Waals surface area contributed by atoms with E-state index in [0.717, 1.165) is 6.29 Å². The number of hydrogen-bond donors (Lipinski definition) is 0. The summed E-state index contributed by atoms with van der Waals surface area (Å²) >= 11 is -2.59. The van der Waals surface area contributed by atoms with Crippen molar-refractivity contribution in [1.82, 2.24) is 4.98 Å². The summed E-state index contributed by atoms with van der Waals surface area (Å²) in [5.41, 5.74) is 0.656. The fourth-order valence-corrected chi connectivity index (χ4v) is 19.8. The van der Waals surface area contributed by atoms with Crippen LogP contribution in [0.2, 0.25) is 13.3 Å². The zero-order valence-electron chi connectivity index (χ0n) is 15.4. The van der Waals surface area contributed by atoms with Crippen LogP contribution in [0.25, 0.3) is 0 Å². The Morgan fingerprint density at radius 3 is 1.91 bits per heavy atom. The van der Waals surface area contributed by atoms with Crippen LogP contribution >= 0.6 is 0 Å². The van der Waals surface area contributed by atoms with Crippen LogP contribution in [0.3, 0.4) is 0 Å². The van der Waals surface area contributed by atoms with E-state index in [1.807, 2.05) is 6.07 Å². The Morgan fingerprint density at radius 2 is 1.52 bits per heavy atom. The molecule has 0 aliphatic heterocycles. The summed E-state index contributed by atoms with van der Waals surface area (Å²) in [6.07, 6.45) is 8.51. The summed E-state index contributed by atoms with van der Waals surface area (Å²) in [5, 5.41) is 0. The van der Waals surface area contributed by atoms with Crippen molar-refractivity contribution in [3.63, 3.8) is 0 Å². The molecule has 0 aliphatic carbocycles. The first-order chi connectivity index (χ1) is 11.2. The van der Waals surface area contributed by atoms with Crippen molar-refractivity contribution in [2.75, 3.05) is 7.11 Å². The van der Waals surface area contributed by atoms with Crippen LogP contribution in [-0.4, -0.2) is 36.8 Å². The van der Waals surface area contributed by atoms with Gasteiger partial charge in [0.1, 0.15) is 0 Å². The van der Waals surface area contributed by atoms with Gasteiger partial charge in [0.25, 0.3) is 0 Å². The summed E-state index contributed by atoms with van der Waals surface area (Å²) in [5.74, 6) is 0.553. The van der Waals surface area contributed by atoms with Crippen LogP contribution < -0.4 is 8.32 Å². The predicted octanol–water partition coefficient (Wildman–Crippen LogP) is 4.96. The van der Waals surface area contributed by atoms with Crippen molar-refractivity contribution >= 4 is 28.2 Å². The molecule has 0 bridgehead atoms. The topological polar surface area (TPSA) is 39.2 Å². The predicted molar refractivity (Wildman–Crippen MR) is 101 cm³/mol. The molecule has 0 amide bonds. The van der Waals surface area contributed by atoms with Crippen molar-refractivity contribution in [3.05, 3.63) is 17.8 Å². The number of ether oxygens (including phenoxy) is 1. The quantitative estimate of drug-likeness (QED) is 0.351. The number of pyridine rings is 1. The maximum absolute atomic E-state index is 11.7. The van der Waals surface area contributed by atoms with Gasteiger partial charge in [0.15, 0.2) is 0 Å². The van der Waals surface area contributed by atoms with E-state index in [4.69, 9.17) is 4.74 Å². The van der Waals surface area contributed by atoms with Crippen molar-refractivity contribution in [2.24, 2.45) is 0 Å². The summed E-state index contributed by atoms with van der Waals surface area (Å²) in [6.45, 7) is 6.80. The van der Waals surface area contributed by atoms with Gasteiger partial charge in [-0.2, -0.15) is 0 Å². The van der Waals surface area contributed by atoms with Crippen molar-refractivity contribution in [3.8, 4) is 5.88 Å². The Bertz CT molecular complexity index is 455. The molecule has 1 rings (SSSR count). The van der Waals surface area contributed by atoms with E-state index >= 15 is 0 Å². The number of aldehydes is 1. The molecule has 0 N–H and O–H groups in total. The van der Waals surface area contributed by atoms with Crippen LogP contribution in [0, 0.1) is 0 Å². The standard InChI is InChI=1S/C7H6NO2.3C4H9.Sn/c1-10-7-4-2-3-6(5-9)8-7;3*1-3-4-2;/h2,4-5H,1H3;3*1,3-4H2,2H3;. The molecule has 0 fully saturated rings. The van der Waals surface area contributed by atoms with Gasteiger partial charge in [-0.1, -0.05) is 0 Å².